The number of hydrogen-bond acceptors (Lipinski definition) is 2. The van der Waals surface area contributed by atoms with Crippen LogP contribution in [-0.2, 0) is 4.74 Å². The smallest absolute Gasteiger partial charge is 0.193 e. The molecule has 0 aromatic carbocycles. The van der Waals surface area contributed by atoms with Gasteiger partial charge in [-0.3, -0.25) is 4.99 Å². The standard InChI is InChI=1S/C18H31N3O.HI/c1-19-18(20-10-9-13-5-3-2-4-6-13)21-11-14-15(12-21)17-8-7-16(14)22-17;/h13-17H,2-12H2,1H3,(H,19,20);1H. The largest absolute Gasteiger partial charge is 0.374 e. The Kier molecular flexibility index (Phi) is 6.10. The second kappa shape index (κ2) is 7.89. The lowest BCUT2D eigenvalue weighted by Gasteiger charge is -2.25. The monoisotopic (exact) mass is 433 g/mol. The Morgan fingerprint density at radius 3 is 2.30 bits per heavy atom. The lowest BCUT2D eigenvalue weighted by atomic mass is 9.82. The second-order valence-electron chi connectivity index (χ2n) is 7.79. The van der Waals surface area contributed by atoms with Crippen LogP contribution in [0.3, 0.4) is 0 Å². The van der Waals surface area contributed by atoms with Gasteiger partial charge in [-0.25, -0.2) is 0 Å². The normalized spacial score (nSPS) is 36.9. The summed E-state index contributed by atoms with van der Waals surface area (Å²) >= 11 is 0. The van der Waals surface area contributed by atoms with Crippen LogP contribution in [-0.4, -0.2) is 49.7 Å². The fraction of sp³-hybridized carbons (Fsp3) is 0.944. The Hall–Kier alpha value is -0.0400. The van der Waals surface area contributed by atoms with Crippen molar-refractivity contribution < 1.29 is 4.74 Å². The SMILES string of the molecule is CN=C(NCCC1CCCCC1)N1CC2C3CCC(O3)C2C1.I. The molecule has 0 amide bonds. The average Bonchev–Trinajstić information content (AvgIpc) is 3.25. The van der Waals surface area contributed by atoms with Crippen LogP contribution in [0.4, 0.5) is 0 Å². The second-order valence-corrected chi connectivity index (χ2v) is 7.79. The highest BCUT2D eigenvalue weighted by Crippen LogP contribution is 2.47. The van der Waals surface area contributed by atoms with Crippen LogP contribution < -0.4 is 5.32 Å². The first-order valence-corrected chi connectivity index (χ1v) is 9.46. The molecule has 1 N–H and O–H groups in total. The van der Waals surface area contributed by atoms with E-state index in [-0.39, 0.29) is 24.0 Å². The molecule has 132 valence electrons. The van der Waals surface area contributed by atoms with E-state index in [4.69, 9.17) is 4.74 Å². The highest BCUT2D eigenvalue weighted by molar-refractivity contribution is 14.0. The number of likely N-dealkylation sites (tertiary alicyclic amines) is 1. The molecule has 2 bridgehead atoms. The van der Waals surface area contributed by atoms with E-state index in [1.807, 2.05) is 7.05 Å². The Morgan fingerprint density at radius 2 is 1.70 bits per heavy atom. The van der Waals surface area contributed by atoms with Gasteiger partial charge in [0.05, 0.1) is 12.2 Å². The molecule has 1 aliphatic carbocycles. The Balaban J connectivity index is 0.00000156. The van der Waals surface area contributed by atoms with Gasteiger partial charge in [0, 0.05) is 38.5 Å². The number of aliphatic imine (C=N–C) groups is 1. The third kappa shape index (κ3) is 3.65. The number of nitrogens with one attached hydrogen (secondary N) is 1. The van der Waals surface area contributed by atoms with Crippen molar-refractivity contribution in [1.82, 2.24) is 10.2 Å². The van der Waals surface area contributed by atoms with Crippen molar-refractivity contribution in [3.05, 3.63) is 0 Å². The Labute approximate surface area is 157 Å². The van der Waals surface area contributed by atoms with Gasteiger partial charge in [0.1, 0.15) is 0 Å². The molecule has 3 aliphatic heterocycles. The fourth-order valence-corrected chi connectivity index (χ4v) is 5.33. The summed E-state index contributed by atoms with van der Waals surface area (Å²) in [6.45, 7) is 3.39. The number of halogens is 1. The first-order chi connectivity index (χ1) is 10.8. The number of fused-ring (bicyclic) bond motifs is 5. The molecular weight excluding hydrogens is 401 g/mol. The van der Waals surface area contributed by atoms with Crippen LogP contribution in [0.15, 0.2) is 4.99 Å². The van der Waals surface area contributed by atoms with Crippen molar-refractivity contribution in [2.45, 2.75) is 63.6 Å². The third-order valence-electron chi connectivity index (χ3n) is 6.52. The molecule has 0 radical (unpaired) electrons. The fourth-order valence-electron chi connectivity index (χ4n) is 5.33. The molecule has 4 nitrogen and oxygen atoms in total. The van der Waals surface area contributed by atoms with E-state index in [1.54, 1.807) is 0 Å². The molecule has 5 heteroatoms. The van der Waals surface area contributed by atoms with Gasteiger partial charge in [0.25, 0.3) is 0 Å². The van der Waals surface area contributed by atoms with Gasteiger partial charge in [-0.15, -0.1) is 24.0 Å². The molecule has 0 aromatic rings. The maximum atomic E-state index is 6.07. The minimum atomic E-state index is 0. The number of ether oxygens (including phenoxy) is 1. The lowest BCUT2D eigenvalue weighted by molar-refractivity contribution is 0.0767. The molecule has 0 spiro atoms. The molecule has 4 rings (SSSR count). The van der Waals surface area contributed by atoms with E-state index in [0.29, 0.717) is 12.2 Å². The molecule has 4 fully saturated rings. The predicted octanol–water partition coefficient (Wildman–Crippen LogP) is 3.26. The zero-order chi connectivity index (χ0) is 14.9. The number of hydrogen-bond donors (Lipinski definition) is 1. The summed E-state index contributed by atoms with van der Waals surface area (Å²) in [5.74, 6) is 3.59. The maximum absolute atomic E-state index is 6.07. The van der Waals surface area contributed by atoms with Crippen molar-refractivity contribution >= 4 is 29.9 Å². The topological polar surface area (TPSA) is 36.9 Å². The number of nitrogens with zero attached hydrogens (tertiary/aromatic N) is 2. The van der Waals surface area contributed by atoms with Crippen LogP contribution in [0.25, 0.3) is 0 Å². The van der Waals surface area contributed by atoms with E-state index in [2.05, 4.69) is 15.2 Å². The third-order valence-corrected chi connectivity index (χ3v) is 6.52. The van der Waals surface area contributed by atoms with Gasteiger partial charge in [0.15, 0.2) is 5.96 Å². The summed E-state index contributed by atoms with van der Waals surface area (Å²) in [6, 6.07) is 0. The van der Waals surface area contributed by atoms with Crippen molar-refractivity contribution in [2.24, 2.45) is 22.7 Å². The molecule has 4 aliphatic rings. The minimum Gasteiger partial charge on any atom is -0.374 e. The first kappa shape index (κ1) is 17.8. The molecule has 23 heavy (non-hydrogen) atoms. The molecule has 3 saturated heterocycles. The van der Waals surface area contributed by atoms with Crippen LogP contribution in [0.5, 0.6) is 0 Å². The van der Waals surface area contributed by atoms with Crippen molar-refractivity contribution in [3.8, 4) is 0 Å². The molecular formula is C18H32IN3O. The quantitative estimate of drug-likeness (QED) is 0.422. The van der Waals surface area contributed by atoms with Crippen LogP contribution in [0.1, 0.15) is 51.4 Å². The average molecular weight is 433 g/mol. The molecule has 4 unspecified atom stereocenters. The van der Waals surface area contributed by atoms with E-state index in [9.17, 15) is 0 Å². The van der Waals surface area contributed by atoms with Crippen molar-refractivity contribution in [2.75, 3.05) is 26.7 Å². The Morgan fingerprint density at radius 1 is 1.04 bits per heavy atom. The zero-order valence-corrected chi connectivity index (χ0v) is 16.7. The Bertz CT molecular complexity index is 406. The first-order valence-electron chi connectivity index (χ1n) is 9.46. The van der Waals surface area contributed by atoms with Gasteiger partial charge in [-0.1, -0.05) is 32.1 Å². The van der Waals surface area contributed by atoms with Gasteiger partial charge in [-0.05, 0) is 25.2 Å². The van der Waals surface area contributed by atoms with Crippen LogP contribution >= 0.6 is 24.0 Å². The molecule has 4 atom stereocenters. The summed E-state index contributed by atoms with van der Waals surface area (Å²) < 4.78 is 6.07. The van der Waals surface area contributed by atoms with Crippen molar-refractivity contribution in [1.29, 1.82) is 0 Å². The van der Waals surface area contributed by atoms with E-state index >= 15 is 0 Å². The maximum Gasteiger partial charge on any atom is 0.193 e. The van der Waals surface area contributed by atoms with E-state index < -0.39 is 0 Å². The summed E-state index contributed by atoms with van der Waals surface area (Å²) in [4.78, 5) is 7.03. The van der Waals surface area contributed by atoms with Crippen LogP contribution in [0.2, 0.25) is 0 Å². The number of guanidine groups is 1. The van der Waals surface area contributed by atoms with Crippen LogP contribution in [0, 0.1) is 17.8 Å². The lowest BCUT2D eigenvalue weighted by Crippen LogP contribution is -2.42. The van der Waals surface area contributed by atoms with Gasteiger partial charge in [0.2, 0.25) is 0 Å². The minimum absolute atomic E-state index is 0. The molecule has 0 aromatic heterocycles. The van der Waals surface area contributed by atoms with Gasteiger partial charge < -0.3 is 15.0 Å². The molecule has 1 saturated carbocycles. The predicted molar refractivity (Wildman–Crippen MR) is 104 cm³/mol. The summed E-state index contributed by atoms with van der Waals surface area (Å²) in [7, 11) is 1.93. The van der Waals surface area contributed by atoms with Gasteiger partial charge >= 0.3 is 0 Å². The van der Waals surface area contributed by atoms with Gasteiger partial charge in [-0.2, -0.15) is 0 Å². The molecule has 3 heterocycles. The highest BCUT2D eigenvalue weighted by atomic mass is 127. The van der Waals surface area contributed by atoms with Crippen molar-refractivity contribution in [3.63, 3.8) is 0 Å². The summed E-state index contributed by atoms with van der Waals surface area (Å²) in [5.41, 5.74) is 0. The van der Waals surface area contributed by atoms with E-state index in [1.165, 1.54) is 51.4 Å². The number of rotatable bonds is 3. The summed E-state index contributed by atoms with van der Waals surface area (Å²) in [5, 5.41) is 3.63. The summed E-state index contributed by atoms with van der Waals surface area (Å²) in [6.07, 6.45) is 12.2. The van der Waals surface area contributed by atoms with E-state index in [0.717, 1.165) is 43.3 Å². The zero-order valence-electron chi connectivity index (χ0n) is 14.4. The highest BCUT2D eigenvalue weighted by Gasteiger charge is 2.53.